The molecule has 0 spiro atoms. The van der Waals surface area contributed by atoms with Crippen LogP contribution < -0.4 is 19.8 Å². The maximum Gasteiger partial charge on any atom is 0.271 e. The summed E-state index contributed by atoms with van der Waals surface area (Å²) in [5.74, 6) is 1.01. The highest BCUT2D eigenvalue weighted by molar-refractivity contribution is 14.1. The zero-order valence-corrected chi connectivity index (χ0v) is 18.5. The summed E-state index contributed by atoms with van der Waals surface area (Å²) in [7, 11) is 1.58. The van der Waals surface area contributed by atoms with E-state index in [-0.39, 0.29) is 5.91 Å². The molecule has 1 amide bonds. The number of amides is 1. The third-order valence-electron chi connectivity index (χ3n) is 4.58. The van der Waals surface area contributed by atoms with Gasteiger partial charge in [-0.1, -0.05) is 12.7 Å². The van der Waals surface area contributed by atoms with Gasteiger partial charge in [0.2, 0.25) is 0 Å². The van der Waals surface area contributed by atoms with E-state index < -0.39 is 0 Å². The number of carbonyl (C=O) groups is 1. The standard InChI is InChI=1S/C22H24IN3O3/c1-3-12-29-21-19(23)13-16(14-20(21)28-2)15-24-25-22(27)17-6-8-18(9-7-17)26-10-4-5-11-26/h3,6-9,13-15H,1,4-5,10-12H2,2H3,(H,25,27)/b24-15+. The highest BCUT2D eigenvalue weighted by atomic mass is 127. The van der Waals surface area contributed by atoms with Crippen molar-refractivity contribution in [1.82, 2.24) is 5.43 Å². The van der Waals surface area contributed by atoms with E-state index in [1.54, 1.807) is 25.5 Å². The normalized spacial score (nSPS) is 13.5. The molecule has 0 unspecified atom stereocenters. The number of hydrazone groups is 1. The van der Waals surface area contributed by atoms with Crippen molar-refractivity contribution in [2.24, 2.45) is 5.10 Å². The number of nitrogens with one attached hydrogen (secondary N) is 1. The SMILES string of the molecule is C=CCOc1c(I)cc(/C=N/NC(=O)c2ccc(N3CCCC3)cc2)cc1OC. The van der Waals surface area contributed by atoms with Gasteiger partial charge in [-0.3, -0.25) is 4.79 Å². The van der Waals surface area contributed by atoms with Crippen LogP contribution in [0, 0.1) is 3.57 Å². The minimum Gasteiger partial charge on any atom is -0.493 e. The van der Waals surface area contributed by atoms with E-state index in [4.69, 9.17) is 9.47 Å². The van der Waals surface area contributed by atoms with Gasteiger partial charge < -0.3 is 14.4 Å². The molecule has 0 aliphatic carbocycles. The van der Waals surface area contributed by atoms with Gasteiger partial charge in [-0.05, 0) is 77.4 Å². The summed E-state index contributed by atoms with van der Waals surface area (Å²) in [6.45, 7) is 6.21. The summed E-state index contributed by atoms with van der Waals surface area (Å²) in [5, 5.41) is 4.08. The van der Waals surface area contributed by atoms with E-state index in [0.29, 0.717) is 23.7 Å². The summed E-state index contributed by atoms with van der Waals surface area (Å²) < 4.78 is 11.9. The van der Waals surface area contributed by atoms with Crippen molar-refractivity contribution in [3.8, 4) is 11.5 Å². The highest BCUT2D eigenvalue weighted by Crippen LogP contribution is 2.33. The number of hydrogen-bond acceptors (Lipinski definition) is 5. The van der Waals surface area contributed by atoms with Crippen LogP contribution in [0.5, 0.6) is 11.5 Å². The summed E-state index contributed by atoms with van der Waals surface area (Å²) in [5.41, 5.74) is 5.09. The Hall–Kier alpha value is -2.55. The van der Waals surface area contributed by atoms with Crippen LogP contribution in [0.3, 0.4) is 0 Å². The molecule has 29 heavy (non-hydrogen) atoms. The molecular formula is C22H24IN3O3. The molecule has 0 saturated carbocycles. The maximum atomic E-state index is 12.3. The molecule has 1 aliphatic heterocycles. The number of halogens is 1. The third kappa shape index (κ3) is 5.50. The van der Waals surface area contributed by atoms with Gasteiger partial charge in [-0.15, -0.1) is 0 Å². The van der Waals surface area contributed by atoms with Crippen LogP contribution in [0.2, 0.25) is 0 Å². The average Bonchev–Trinajstić information content (AvgIpc) is 3.27. The van der Waals surface area contributed by atoms with Crippen LogP contribution in [0.25, 0.3) is 0 Å². The largest absolute Gasteiger partial charge is 0.493 e. The second kappa shape index (κ2) is 10.3. The average molecular weight is 505 g/mol. The molecule has 0 bridgehead atoms. The summed E-state index contributed by atoms with van der Waals surface area (Å²) >= 11 is 2.18. The monoisotopic (exact) mass is 505 g/mol. The van der Waals surface area contributed by atoms with Crippen LogP contribution in [-0.2, 0) is 0 Å². The summed E-state index contributed by atoms with van der Waals surface area (Å²) in [6.07, 6.45) is 5.71. The van der Waals surface area contributed by atoms with Gasteiger partial charge in [0.25, 0.3) is 5.91 Å². The Morgan fingerprint density at radius 1 is 1.28 bits per heavy atom. The molecular weight excluding hydrogens is 481 g/mol. The number of anilines is 1. The van der Waals surface area contributed by atoms with E-state index in [9.17, 15) is 4.79 Å². The first-order valence-electron chi connectivity index (χ1n) is 9.42. The fourth-order valence-electron chi connectivity index (χ4n) is 3.13. The number of methoxy groups -OCH3 is 1. The first-order valence-corrected chi connectivity index (χ1v) is 10.5. The zero-order valence-electron chi connectivity index (χ0n) is 16.4. The minimum atomic E-state index is -0.248. The lowest BCUT2D eigenvalue weighted by atomic mass is 10.2. The van der Waals surface area contributed by atoms with Crippen molar-refractivity contribution in [2.45, 2.75) is 12.8 Å². The Kier molecular flexibility index (Phi) is 7.51. The fraction of sp³-hybridized carbons (Fsp3) is 0.273. The van der Waals surface area contributed by atoms with E-state index in [1.165, 1.54) is 12.8 Å². The maximum absolute atomic E-state index is 12.3. The molecule has 1 saturated heterocycles. The molecule has 1 fully saturated rings. The highest BCUT2D eigenvalue weighted by Gasteiger charge is 2.13. The van der Waals surface area contributed by atoms with Crippen molar-refractivity contribution in [2.75, 3.05) is 31.7 Å². The van der Waals surface area contributed by atoms with Crippen LogP contribution in [0.4, 0.5) is 5.69 Å². The lowest BCUT2D eigenvalue weighted by Crippen LogP contribution is -2.19. The van der Waals surface area contributed by atoms with Gasteiger partial charge >= 0.3 is 0 Å². The number of rotatable bonds is 8. The lowest BCUT2D eigenvalue weighted by molar-refractivity contribution is 0.0955. The number of benzene rings is 2. The first-order chi connectivity index (χ1) is 14.1. The molecule has 2 aromatic carbocycles. The van der Waals surface area contributed by atoms with Crippen molar-refractivity contribution in [1.29, 1.82) is 0 Å². The molecule has 152 valence electrons. The molecule has 1 heterocycles. The number of carbonyl (C=O) groups excluding carboxylic acids is 1. The molecule has 7 heteroatoms. The van der Waals surface area contributed by atoms with E-state index in [2.05, 4.69) is 44.6 Å². The lowest BCUT2D eigenvalue weighted by Gasteiger charge is -2.17. The second-order valence-corrected chi connectivity index (χ2v) is 7.74. The van der Waals surface area contributed by atoms with Gasteiger partial charge in [0, 0.05) is 24.3 Å². The molecule has 3 rings (SSSR count). The second-order valence-electron chi connectivity index (χ2n) is 6.57. The van der Waals surface area contributed by atoms with Crippen LogP contribution in [0.15, 0.2) is 54.2 Å². The van der Waals surface area contributed by atoms with Gasteiger partial charge in [-0.25, -0.2) is 5.43 Å². The molecule has 1 N–H and O–H groups in total. The van der Waals surface area contributed by atoms with E-state index in [1.807, 2.05) is 30.3 Å². The predicted molar refractivity (Wildman–Crippen MR) is 124 cm³/mol. The number of hydrogen-bond donors (Lipinski definition) is 1. The van der Waals surface area contributed by atoms with Crippen LogP contribution in [-0.4, -0.2) is 38.9 Å². The van der Waals surface area contributed by atoms with Crippen molar-refractivity contribution < 1.29 is 14.3 Å². The van der Waals surface area contributed by atoms with Crippen LogP contribution >= 0.6 is 22.6 Å². The molecule has 6 nitrogen and oxygen atoms in total. The van der Waals surface area contributed by atoms with Gasteiger partial charge in [-0.2, -0.15) is 5.10 Å². The smallest absolute Gasteiger partial charge is 0.271 e. The van der Waals surface area contributed by atoms with Gasteiger partial charge in [0.05, 0.1) is 16.9 Å². The first kappa shape index (κ1) is 21.2. The van der Waals surface area contributed by atoms with Gasteiger partial charge in [0.15, 0.2) is 11.5 Å². The minimum absolute atomic E-state index is 0.248. The summed E-state index contributed by atoms with van der Waals surface area (Å²) in [4.78, 5) is 14.7. The van der Waals surface area contributed by atoms with Crippen LogP contribution in [0.1, 0.15) is 28.8 Å². The molecule has 0 radical (unpaired) electrons. The van der Waals surface area contributed by atoms with Crippen molar-refractivity contribution in [3.05, 3.63) is 63.8 Å². The Morgan fingerprint density at radius 3 is 2.66 bits per heavy atom. The molecule has 1 aliphatic rings. The van der Waals surface area contributed by atoms with Crippen molar-refractivity contribution in [3.63, 3.8) is 0 Å². The topological polar surface area (TPSA) is 63.2 Å². The van der Waals surface area contributed by atoms with E-state index in [0.717, 1.165) is 27.9 Å². The predicted octanol–water partition coefficient (Wildman–Crippen LogP) is 4.23. The molecule has 2 aromatic rings. The summed E-state index contributed by atoms with van der Waals surface area (Å²) in [6, 6.07) is 11.3. The Bertz CT molecular complexity index is 891. The molecule has 0 atom stereocenters. The fourth-order valence-corrected chi connectivity index (χ4v) is 3.91. The Balaban J connectivity index is 1.63. The Labute approximate surface area is 184 Å². The number of ether oxygens (including phenoxy) is 2. The van der Waals surface area contributed by atoms with Gasteiger partial charge in [0.1, 0.15) is 6.61 Å². The molecule has 0 aromatic heterocycles. The van der Waals surface area contributed by atoms with Crippen molar-refractivity contribution >= 4 is 40.4 Å². The Morgan fingerprint density at radius 2 is 2.00 bits per heavy atom. The zero-order chi connectivity index (χ0) is 20.6. The quantitative estimate of drug-likeness (QED) is 0.253. The van der Waals surface area contributed by atoms with E-state index >= 15 is 0 Å². The number of nitrogens with zero attached hydrogens (tertiary/aromatic N) is 2. The third-order valence-corrected chi connectivity index (χ3v) is 5.38.